The van der Waals surface area contributed by atoms with E-state index < -0.39 is 17.7 Å². The topological polar surface area (TPSA) is 79.7 Å². The number of halogens is 1. The van der Waals surface area contributed by atoms with Gasteiger partial charge in [0, 0.05) is 10.0 Å². The van der Waals surface area contributed by atoms with E-state index in [0.717, 1.165) is 21.1 Å². The van der Waals surface area contributed by atoms with Crippen LogP contribution in [0.4, 0.5) is 5.13 Å². The van der Waals surface area contributed by atoms with E-state index in [1.54, 1.807) is 31.4 Å². The first-order chi connectivity index (χ1) is 16.9. The molecule has 1 N–H and O–H groups in total. The molecule has 2 heterocycles. The summed E-state index contributed by atoms with van der Waals surface area (Å²) in [6.07, 6.45) is 0.883. The van der Waals surface area contributed by atoms with Crippen LogP contribution in [0.25, 0.3) is 16.0 Å². The first-order valence-corrected chi connectivity index (χ1v) is 12.6. The molecule has 0 aliphatic carbocycles. The summed E-state index contributed by atoms with van der Waals surface area (Å²) in [5, 5.41) is 11.7. The third-order valence-electron chi connectivity index (χ3n) is 6.05. The van der Waals surface area contributed by atoms with Crippen LogP contribution in [-0.2, 0) is 16.0 Å². The van der Waals surface area contributed by atoms with Crippen LogP contribution in [0.15, 0.2) is 76.8 Å². The number of methoxy groups -OCH3 is 1. The van der Waals surface area contributed by atoms with Crippen molar-refractivity contribution in [1.82, 2.24) is 4.98 Å². The van der Waals surface area contributed by atoms with Crippen LogP contribution < -0.4 is 9.64 Å². The number of thiazole rings is 1. The predicted molar refractivity (Wildman–Crippen MR) is 141 cm³/mol. The molecule has 1 fully saturated rings. The highest BCUT2D eigenvalue weighted by Gasteiger charge is 2.48. The second-order valence-electron chi connectivity index (χ2n) is 8.10. The van der Waals surface area contributed by atoms with Gasteiger partial charge in [-0.15, -0.1) is 0 Å². The molecule has 176 valence electrons. The van der Waals surface area contributed by atoms with Crippen LogP contribution in [0.1, 0.15) is 29.7 Å². The lowest BCUT2D eigenvalue weighted by Crippen LogP contribution is -2.29. The second-order valence-corrected chi connectivity index (χ2v) is 10.0. The molecule has 1 aliphatic heterocycles. The van der Waals surface area contributed by atoms with Gasteiger partial charge in [0.1, 0.15) is 11.5 Å². The molecule has 1 saturated heterocycles. The van der Waals surface area contributed by atoms with Gasteiger partial charge < -0.3 is 9.84 Å². The Morgan fingerprint density at radius 3 is 2.46 bits per heavy atom. The molecule has 1 aliphatic rings. The van der Waals surface area contributed by atoms with Crippen molar-refractivity contribution in [1.29, 1.82) is 0 Å². The van der Waals surface area contributed by atoms with Gasteiger partial charge in [0.15, 0.2) is 5.13 Å². The number of benzene rings is 3. The first-order valence-electron chi connectivity index (χ1n) is 11.0. The maximum atomic E-state index is 13.4. The summed E-state index contributed by atoms with van der Waals surface area (Å²) >= 11 is 4.80. The van der Waals surface area contributed by atoms with Crippen molar-refractivity contribution in [3.8, 4) is 5.75 Å². The molecule has 8 heteroatoms. The number of hydrogen-bond acceptors (Lipinski definition) is 6. The molecular weight excluding hydrogens is 528 g/mol. The molecule has 0 unspecified atom stereocenters. The van der Waals surface area contributed by atoms with Gasteiger partial charge in [-0.25, -0.2) is 4.98 Å². The molecule has 0 bridgehead atoms. The van der Waals surface area contributed by atoms with Gasteiger partial charge >= 0.3 is 5.91 Å². The highest BCUT2D eigenvalue weighted by Crippen LogP contribution is 2.44. The molecule has 0 spiro atoms. The van der Waals surface area contributed by atoms with Gasteiger partial charge in [0.2, 0.25) is 0 Å². The van der Waals surface area contributed by atoms with Crippen molar-refractivity contribution in [2.75, 3.05) is 12.0 Å². The number of amides is 1. The van der Waals surface area contributed by atoms with E-state index in [-0.39, 0.29) is 11.3 Å². The fourth-order valence-electron chi connectivity index (χ4n) is 4.17. The van der Waals surface area contributed by atoms with Crippen molar-refractivity contribution in [2.45, 2.75) is 19.4 Å². The number of Topliss-reactive ketones (excluding diaryl/α,β-unsaturated/α-hetero) is 1. The standard InChI is InChI=1S/C27H21BrN2O4S/c1-3-15-4-13-20-21(14-15)35-27(29-20)30-23(16-5-9-18(28)10-6-16)22(25(32)26(30)33)24(31)17-7-11-19(34-2)12-8-17/h4-14,23,31H,3H2,1-2H3/b24-22+/t23-/m0/s1. The van der Waals surface area contributed by atoms with E-state index in [4.69, 9.17) is 4.74 Å². The lowest BCUT2D eigenvalue weighted by atomic mass is 9.95. The highest BCUT2D eigenvalue weighted by molar-refractivity contribution is 9.10. The zero-order valence-corrected chi connectivity index (χ0v) is 21.4. The minimum absolute atomic E-state index is 0.0241. The summed E-state index contributed by atoms with van der Waals surface area (Å²) in [6.45, 7) is 2.08. The number of aryl methyl sites for hydroxylation is 1. The number of hydrogen-bond donors (Lipinski definition) is 1. The Labute approximate surface area is 214 Å². The Morgan fingerprint density at radius 2 is 1.80 bits per heavy atom. The van der Waals surface area contributed by atoms with Gasteiger partial charge in [0.25, 0.3) is 5.78 Å². The molecule has 35 heavy (non-hydrogen) atoms. The normalized spacial score (nSPS) is 17.3. The molecule has 4 aromatic rings. The van der Waals surface area contributed by atoms with Crippen LogP contribution in [-0.4, -0.2) is 28.9 Å². The summed E-state index contributed by atoms with van der Waals surface area (Å²) < 4.78 is 6.99. The Morgan fingerprint density at radius 1 is 1.09 bits per heavy atom. The Bertz CT molecular complexity index is 1480. The molecule has 0 radical (unpaired) electrons. The smallest absolute Gasteiger partial charge is 0.301 e. The lowest BCUT2D eigenvalue weighted by Gasteiger charge is -2.23. The Kier molecular flexibility index (Phi) is 6.17. The summed E-state index contributed by atoms with van der Waals surface area (Å²) in [5.74, 6) is -1.09. The molecule has 6 nitrogen and oxygen atoms in total. The van der Waals surface area contributed by atoms with Crippen molar-refractivity contribution >= 4 is 60.1 Å². The van der Waals surface area contributed by atoms with E-state index >= 15 is 0 Å². The maximum Gasteiger partial charge on any atom is 0.301 e. The third-order valence-corrected chi connectivity index (χ3v) is 7.60. The fraction of sp³-hybridized carbons (Fsp3) is 0.148. The van der Waals surface area contributed by atoms with E-state index in [9.17, 15) is 14.7 Å². The fourth-order valence-corrected chi connectivity index (χ4v) is 5.49. The molecule has 1 aromatic heterocycles. The number of carbonyl (C=O) groups excluding carboxylic acids is 2. The number of fused-ring (bicyclic) bond motifs is 1. The number of ketones is 1. The van der Waals surface area contributed by atoms with Crippen LogP contribution in [0.2, 0.25) is 0 Å². The summed E-state index contributed by atoms with van der Waals surface area (Å²) in [5.41, 5.74) is 3.06. The third kappa shape index (κ3) is 4.13. The number of aliphatic hydroxyl groups is 1. The number of rotatable bonds is 5. The van der Waals surface area contributed by atoms with Crippen LogP contribution in [0.3, 0.4) is 0 Å². The van der Waals surface area contributed by atoms with E-state index in [1.807, 2.05) is 36.4 Å². The van der Waals surface area contributed by atoms with E-state index in [0.29, 0.717) is 22.0 Å². The van der Waals surface area contributed by atoms with Gasteiger partial charge in [-0.1, -0.05) is 52.4 Å². The minimum Gasteiger partial charge on any atom is -0.507 e. The van der Waals surface area contributed by atoms with Crippen LogP contribution in [0, 0.1) is 0 Å². The maximum absolute atomic E-state index is 13.4. The zero-order chi connectivity index (χ0) is 24.7. The minimum atomic E-state index is -0.823. The molecule has 1 atom stereocenters. The number of aromatic nitrogens is 1. The molecular formula is C27H21BrN2O4S. The molecule has 5 rings (SSSR count). The van der Waals surface area contributed by atoms with Crippen LogP contribution in [0.5, 0.6) is 5.75 Å². The average molecular weight is 549 g/mol. The lowest BCUT2D eigenvalue weighted by molar-refractivity contribution is -0.132. The van der Waals surface area contributed by atoms with E-state index in [1.165, 1.54) is 21.8 Å². The monoisotopic (exact) mass is 548 g/mol. The SMILES string of the molecule is CCc1ccc2nc(N3C(=O)C(=O)/C(=C(/O)c4ccc(OC)cc4)[C@@H]3c3ccc(Br)cc3)sc2c1. The van der Waals surface area contributed by atoms with Gasteiger partial charge in [0.05, 0.1) is 28.9 Å². The number of carbonyl (C=O) groups is 2. The van der Waals surface area contributed by atoms with Gasteiger partial charge in [-0.3, -0.25) is 14.5 Å². The summed E-state index contributed by atoms with van der Waals surface area (Å²) in [6, 6.07) is 19.2. The van der Waals surface area contributed by atoms with Crippen molar-refractivity contribution in [3.63, 3.8) is 0 Å². The second kappa shape index (κ2) is 9.28. The zero-order valence-electron chi connectivity index (χ0n) is 19.0. The highest BCUT2D eigenvalue weighted by atomic mass is 79.9. The van der Waals surface area contributed by atoms with Gasteiger partial charge in [-0.2, -0.15) is 0 Å². The molecule has 3 aromatic carbocycles. The Hall–Kier alpha value is -3.49. The molecule has 0 saturated carbocycles. The number of nitrogens with zero attached hydrogens (tertiary/aromatic N) is 2. The van der Waals surface area contributed by atoms with E-state index in [2.05, 4.69) is 33.9 Å². The summed E-state index contributed by atoms with van der Waals surface area (Å²) in [7, 11) is 1.55. The number of anilines is 1. The number of ether oxygens (including phenoxy) is 1. The van der Waals surface area contributed by atoms with Crippen LogP contribution >= 0.6 is 27.3 Å². The molecule has 1 amide bonds. The average Bonchev–Trinajstić information content (AvgIpc) is 3.41. The Balaban J connectivity index is 1.69. The van der Waals surface area contributed by atoms with Crippen molar-refractivity contribution in [2.24, 2.45) is 0 Å². The van der Waals surface area contributed by atoms with Crippen molar-refractivity contribution < 1.29 is 19.4 Å². The predicted octanol–water partition coefficient (Wildman–Crippen LogP) is 6.26. The summed E-state index contributed by atoms with van der Waals surface area (Å²) in [4.78, 5) is 32.8. The largest absolute Gasteiger partial charge is 0.507 e. The first kappa shape index (κ1) is 23.3. The van der Waals surface area contributed by atoms with Gasteiger partial charge in [-0.05, 0) is 66.1 Å². The quantitative estimate of drug-likeness (QED) is 0.181. The number of aliphatic hydroxyl groups excluding tert-OH is 1. The van der Waals surface area contributed by atoms with Crippen molar-refractivity contribution in [3.05, 3.63) is 93.5 Å².